The van der Waals surface area contributed by atoms with E-state index in [0.717, 1.165) is 15.9 Å². The third-order valence-corrected chi connectivity index (χ3v) is 4.69. The molecule has 1 N–H and O–H groups in total. The van der Waals surface area contributed by atoms with Gasteiger partial charge in [-0.3, -0.25) is 0 Å². The number of halogens is 2. The Morgan fingerprint density at radius 2 is 2.05 bits per heavy atom. The summed E-state index contributed by atoms with van der Waals surface area (Å²) in [5, 5.41) is 4.32. The summed E-state index contributed by atoms with van der Waals surface area (Å²) in [4.78, 5) is 0. The molecule has 0 amide bonds. The molecule has 2 rings (SSSR count). The van der Waals surface area contributed by atoms with Gasteiger partial charge in [-0.2, -0.15) is 0 Å². The highest BCUT2D eigenvalue weighted by Gasteiger charge is 2.36. The van der Waals surface area contributed by atoms with Crippen LogP contribution in [0.15, 0.2) is 16.6 Å². The summed E-state index contributed by atoms with van der Waals surface area (Å²) in [5.41, 5.74) is 1.37. The van der Waals surface area contributed by atoms with E-state index in [1.54, 1.807) is 7.11 Å². The maximum absolute atomic E-state index is 6.13. The normalized spacial score (nSPS) is 25.4. The lowest BCUT2D eigenvalue weighted by Crippen LogP contribution is -2.22. The SMILES string of the molecule is COc1c(Br)cc(Cl)cc1NC1CC(C)(C)CC1C. The zero-order chi connectivity index (χ0) is 14.2. The fraction of sp³-hybridized carbons (Fsp3) is 0.600. The Morgan fingerprint density at radius 3 is 2.58 bits per heavy atom. The second-order valence-electron chi connectivity index (χ2n) is 6.27. The molecule has 4 heteroatoms. The summed E-state index contributed by atoms with van der Waals surface area (Å²) in [6.07, 6.45) is 2.41. The van der Waals surface area contributed by atoms with E-state index < -0.39 is 0 Å². The molecule has 0 aromatic heterocycles. The fourth-order valence-corrected chi connectivity index (χ4v) is 4.13. The van der Waals surface area contributed by atoms with E-state index in [0.29, 0.717) is 22.4 Å². The van der Waals surface area contributed by atoms with Crippen molar-refractivity contribution in [2.45, 2.75) is 39.7 Å². The Hall–Kier alpha value is -0.410. The van der Waals surface area contributed by atoms with E-state index in [1.807, 2.05) is 12.1 Å². The van der Waals surface area contributed by atoms with Crippen molar-refractivity contribution in [2.75, 3.05) is 12.4 Å². The molecular weight excluding hydrogens is 326 g/mol. The molecule has 0 heterocycles. The van der Waals surface area contributed by atoms with Gasteiger partial charge in [-0.15, -0.1) is 0 Å². The zero-order valence-corrected chi connectivity index (χ0v) is 14.2. The number of benzene rings is 1. The van der Waals surface area contributed by atoms with Crippen LogP contribution in [-0.4, -0.2) is 13.2 Å². The third-order valence-electron chi connectivity index (χ3n) is 3.89. The van der Waals surface area contributed by atoms with E-state index in [9.17, 15) is 0 Å². The smallest absolute Gasteiger partial charge is 0.156 e. The van der Waals surface area contributed by atoms with Crippen LogP contribution in [0, 0.1) is 11.3 Å². The molecule has 1 aromatic rings. The average Bonchev–Trinajstić information content (AvgIpc) is 2.51. The molecule has 0 spiro atoms. The Bertz CT molecular complexity index is 475. The Balaban J connectivity index is 2.24. The van der Waals surface area contributed by atoms with Crippen molar-refractivity contribution >= 4 is 33.2 Å². The Morgan fingerprint density at radius 1 is 1.37 bits per heavy atom. The van der Waals surface area contributed by atoms with Crippen molar-refractivity contribution in [3.05, 3.63) is 21.6 Å². The molecule has 2 atom stereocenters. The van der Waals surface area contributed by atoms with Crippen molar-refractivity contribution in [2.24, 2.45) is 11.3 Å². The quantitative estimate of drug-likeness (QED) is 0.796. The lowest BCUT2D eigenvalue weighted by molar-refractivity contribution is 0.366. The van der Waals surface area contributed by atoms with E-state index in [2.05, 4.69) is 42.0 Å². The van der Waals surface area contributed by atoms with Gasteiger partial charge in [0.15, 0.2) is 5.75 Å². The first-order valence-electron chi connectivity index (χ1n) is 6.62. The lowest BCUT2D eigenvalue weighted by atomic mass is 9.91. The minimum Gasteiger partial charge on any atom is -0.493 e. The van der Waals surface area contributed by atoms with Gasteiger partial charge in [0.2, 0.25) is 0 Å². The number of hydrogen-bond donors (Lipinski definition) is 1. The van der Waals surface area contributed by atoms with E-state index in [-0.39, 0.29) is 0 Å². The maximum atomic E-state index is 6.13. The number of anilines is 1. The van der Waals surface area contributed by atoms with Gasteiger partial charge in [-0.1, -0.05) is 32.4 Å². The Labute approximate surface area is 129 Å². The van der Waals surface area contributed by atoms with Gasteiger partial charge < -0.3 is 10.1 Å². The van der Waals surface area contributed by atoms with Gasteiger partial charge in [0.1, 0.15) is 0 Å². The number of nitrogens with one attached hydrogen (secondary N) is 1. The van der Waals surface area contributed by atoms with Crippen molar-refractivity contribution in [3.8, 4) is 5.75 Å². The van der Waals surface area contributed by atoms with E-state index in [1.165, 1.54) is 12.8 Å². The van der Waals surface area contributed by atoms with Crippen LogP contribution < -0.4 is 10.1 Å². The van der Waals surface area contributed by atoms with Crippen LogP contribution in [0.1, 0.15) is 33.6 Å². The van der Waals surface area contributed by atoms with Gasteiger partial charge in [0.25, 0.3) is 0 Å². The van der Waals surface area contributed by atoms with Crippen LogP contribution in [0.3, 0.4) is 0 Å². The molecule has 1 aliphatic rings. The first-order chi connectivity index (χ1) is 8.82. The van der Waals surface area contributed by atoms with Gasteiger partial charge in [0.05, 0.1) is 17.3 Å². The first kappa shape index (κ1) is 15.0. The monoisotopic (exact) mass is 345 g/mol. The first-order valence-corrected chi connectivity index (χ1v) is 7.79. The molecule has 1 aliphatic carbocycles. The summed E-state index contributed by atoms with van der Waals surface area (Å²) in [6.45, 7) is 6.96. The minimum absolute atomic E-state index is 0.403. The van der Waals surface area contributed by atoms with Gasteiger partial charge in [0, 0.05) is 11.1 Å². The molecule has 0 saturated heterocycles. The predicted octanol–water partition coefficient (Wildman–Crippen LogP) is 5.35. The summed E-state index contributed by atoms with van der Waals surface area (Å²) >= 11 is 9.63. The summed E-state index contributed by atoms with van der Waals surface area (Å²) in [5.74, 6) is 1.47. The van der Waals surface area contributed by atoms with Crippen molar-refractivity contribution in [3.63, 3.8) is 0 Å². The molecule has 106 valence electrons. The maximum Gasteiger partial charge on any atom is 0.156 e. The van der Waals surface area contributed by atoms with Gasteiger partial charge in [-0.05, 0) is 52.2 Å². The summed E-state index contributed by atoms with van der Waals surface area (Å²) < 4.78 is 6.34. The topological polar surface area (TPSA) is 21.3 Å². The van der Waals surface area contributed by atoms with Crippen LogP contribution in [0.25, 0.3) is 0 Å². The van der Waals surface area contributed by atoms with E-state index >= 15 is 0 Å². The number of methoxy groups -OCH3 is 1. The highest BCUT2D eigenvalue weighted by molar-refractivity contribution is 9.10. The van der Waals surface area contributed by atoms with Crippen LogP contribution in [0.2, 0.25) is 5.02 Å². The van der Waals surface area contributed by atoms with Crippen LogP contribution in [-0.2, 0) is 0 Å². The average molecular weight is 347 g/mol. The number of rotatable bonds is 3. The molecule has 0 radical (unpaired) electrons. The molecule has 1 aromatic carbocycles. The second-order valence-corrected chi connectivity index (χ2v) is 7.56. The molecule has 2 unspecified atom stereocenters. The number of ether oxygens (including phenoxy) is 1. The standard InChI is InChI=1S/C15H21BrClNO/c1-9-7-15(2,3)8-13(9)18-12-6-10(17)5-11(16)14(12)19-4/h5-6,9,13,18H,7-8H2,1-4H3. The predicted molar refractivity (Wildman–Crippen MR) is 85.3 cm³/mol. The molecule has 19 heavy (non-hydrogen) atoms. The Kier molecular flexibility index (Phi) is 4.36. The fourth-order valence-electron chi connectivity index (χ4n) is 3.16. The van der Waals surface area contributed by atoms with Crippen molar-refractivity contribution in [1.29, 1.82) is 0 Å². The third kappa shape index (κ3) is 3.38. The summed E-state index contributed by atoms with van der Waals surface area (Å²) in [7, 11) is 1.68. The molecule has 1 saturated carbocycles. The van der Waals surface area contributed by atoms with Crippen LogP contribution in [0.4, 0.5) is 5.69 Å². The van der Waals surface area contributed by atoms with Crippen LogP contribution in [0.5, 0.6) is 5.75 Å². The largest absolute Gasteiger partial charge is 0.493 e. The van der Waals surface area contributed by atoms with E-state index in [4.69, 9.17) is 16.3 Å². The van der Waals surface area contributed by atoms with Crippen LogP contribution >= 0.6 is 27.5 Å². The molecule has 1 fully saturated rings. The highest BCUT2D eigenvalue weighted by Crippen LogP contribution is 2.44. The number of hydrogen-bond acceptors (Lipinski definition) is 2. The zero-order valence-electron chi connectivity index (χ0n) is 11.9. The summed E-state index contributed by atoms with van der Waals surface area (Å²) in [6, 6.07) is 4.26. The molecular formula is C15H21BrClNO. The molecule has 2 nitrogen and oxygen atoms in total. The second kappa shape index (κ2) is 5.53. The molecule has 0 aliphatic heterocycles. The van der Waals surface area contributed by atoms with Gasteiger partial charge >= 0.3 is 0 Å². The van der Waals surface area contributed by atoms with Crippen molar-refractivity contribution < 1.29 is 4.74 Å². The van der Waals surface area contributed by atoms with Crippen molar-refractivity contribution in [1.82, 2.24) is 0 Å². The van der Waals surface area contributed by atoms with Gasteiger partial charge in [-0.25, -0.2) is 0 Å². The lowest BCUT2D eigenvalue weighted by Gasteiger charge is -2.22. The minimum atomic E-state index is 0.403. The molecule has 0 bridgehead atoms. The highest BCUT2D eigenvalue weighted by atomic mass is 79.9.